The molecule has 0 aliphatic carbocycles. The van der Waals surface area contributed by atoms with E-state index in [0.29, 0.717) is 12.1 Å². The predicted molar refractivity (Wildman–Crippen MR) is 76.2 cm³/mol. The average molecular weight is 251 g/mol. The zero-order valence-corrected chi connectivity index (χ0v) is 12.0. The molecule has 1 aromatic rings. The maximum absolute atomic E-state index is 12.8. The SMILES string of the molecule is CC(C)CCC(C)NC(C)Cc1ccc(F)cc1. The van der Waals surface area contributed by atoms with Crippen molar-refractivity contribution in [2.75, 3.05) is 0 Å². The van der Waals surface area contributed by atoms with E-state index in [1.807, 2.05) is 12.1 Å². The highest BCUT2D eigenvalue weighted by Crippen LogP contribution is 2.09. The van der Waals surface area contributed by atoms with E-state index in [2.05, 4.69) is 33.0 Å². The molecular formula is C16H26FN. The highest BCUT2D eigenvalue weighted by molar-refractivity contribution is 5.17. The Kier molecular flexibility index (Phi) is 6.34. The van der Waals surface area contributed by atoms with Crippen LogP contribution in [0.1, 0.15) is 46.1 Å². The Morgan fingerprint density at radius 3 is 2.11 bits per heavy atom. The fraction of sp³-hybridized carbons (Fsp3) is 0.625. The molecule has 0 saturated carbocycles. The Morgan fingerprint density at radius 1 is 0.944 bits per heavy atom. The van der Waals surface area contributed by atoms with E-state index in [1.54, 1.807) is 0 Å². The van der Waals surface area contributed by atoms with Gasteiger partial charge in [-0.3, -0.25) is 0 Å². The molecule has 1 aromatic carbocycles. The van der Waals surface area contributed by atoms with E-state index in [-0.39, 0.29) is 5.82 Å². The lowest BCUT2D eigenvalue weighted by atomic mass is 10.0. The van der Waals surface area contributed by atoms with Crippen molar-refractivity contribution >= 4 is 0 Å². The second-order valence-corrected chi connectivity index (χ2v) is 5.77. The van der Waals surface area contributed by atoms with Gasteiger partial charge in [0, 0.05) is 12.1 Å². The summed E-state index contributed by atoms with van der Waals surface area (Å²) in [5.74, 6) is 0.603. The topological polar surface area (TPSA) is 12.0 Å². The molecule has 0 aromatic heterocycles. The van der Waals surface area contributed by atoms with Crippen LogP contribution in [0.3, 0.4) is 0 Å². The zero-order valence-electron chi connectivity index (χ0n) is 12.0. The monoisotopic (exact) mass is 251 g/mol. The van der Waals surface area contributed by atoms with Crippen molar-refractivity contribution in [1.82, 2.24) is 5.32 Å². The van der Waals surface area contributed by atoms with E-state index in [9.17, 15) is 4.39 Å². The molecule has 1 rings (SSSR count). The number of nitrogens with one attached hydrogen (secondary N) is 1. The molecule has 2 atom stereocenters. The van der Waals surface area contributed by atoms with Crippen LogP contribution in [0.25, 0.3) is 0 Å². The third kappa shape index (κ3) is 6.15. The van der Waals surface area contributed by atoms with E-state index in [4.69, 9.17) is 0 Å². The first-order valence-corrected chi connectivity index (χ1v) is 6.98. The summed E-state index contributed by atoms with van der Waals surface area (Å²) in [4.78, 5) is 0. The van der Waals surface area contributed by atoms with Crippen LogP contribution in [0.4, 0.5) is 4.39 Å². The third-order valence-electron chi connectivity index (χ3n) is 3.20. The van der Waals surface area contributed by atoms with Gasteiger partial charge in [-0.2, -0.15) is 0 Å². The molecule has 18 heavy (non-hydrogen) atoms. The van der Waals surface area contributed by atoms with Gasteiger partial charge >= 0.3 is 0 Å². The fourth-order valence-electron chi connectivity index (χ4n) is 2.19. The Bertz CT molecular complexity index is 331. The Morgan fingerprint density at radius 2 is 1.56 bits per heavy atom. The zero-order chi connectivity index (χ0) is 13.5. The summed E-state index contributed by atoms with van der Waals surface area (Å²) in [6, 6.07) is 7.77. The molecule has 0 amide bonds. The molecular weight excluding hydrogens is 225 g/mol. The van der Waals surface area contributed by atoms with E-state index >= 15 is 0 Å². The van der Waals surface area contributed by atoms with E-state index in [1.165, 1.54) is 30.5 Å². The summed E-state index contributed by atoms with van der Waals surface area (Å²) in [7, 11) is 0. The first-order valence-electron chi connectivity index (χ1n) is 6.98. The Labute approximate surface area is 111 Å². The van der Waals surface area contributed by atoms with Crippen molar-refractivity contribution in [2.24, 2.45) is 5.92 Å². The highest BCUT2D eigenvalue weighted by Gasteiger charge is 2.08. The van der Waals surface area contributed by atoms with Gasteiger partial charge in [0.05, 0.1) is 0 Å². The molecule has 2 heteroatoms. The van der Waals surface area contributed by atoms with Crippen LogP contribution in [0.15, 0.2) is 24.3 Å². The van der Waals surface area contributed by atoms with Gasteiger partial charge in [0.25, 0.3) is 0 Å². The quantitative estimate of drug-likeness (QED) is 0.767. The van der Waals surface area contributed by atoms with Crippen molar-refractivity contribution < 1.29 is 4.39 Å². The van der Waals surface area contributed by atoms with Crippen LogP contribution in [-0.2, 0) is 6.42 Å². The van der Waals surface area contributed by atoms with Gasteiger partial charge in [-0.25, -0.2) is 4.39 Å². The van der Waals surface area contributed by atoms with Crippen LogP contribution in [0, 0.1) is 11.7 Å². The first kappa shape index (κ1) is 15.2. The minimum absolute atomic E-state index is 0.162. The normalized spacial score (nSPS) is 14.8. The van der Waals surface area contributed by atoms with Crippen LogP contribution < -0.4 is 5.32 Å². The van der Waals surface area contributed by atoms with Crippen molar-refractivity contribution in [1.29, 1.82) is 0 Å². The average Bonchev–Trinajstić information content (AvgIpc) is 2.29. The highest BCUT2D eigenvalue weighted by atomic mass is 19.1. The van der Waals surface area contributed by atoms with Gasteiger partial charge in [0.1, 0.15) is 5.82 Å². The first-order chi connectivity index (χ1) is 8.47. The van der Waals surface area contributed by atoms with Gasteiger partial charge in [-0.1, -0.05) is 26.0 Å². The Balaban J connectivity index is 2.32. The standard InChI is InChI=1S/C16H26FN/c1-12(2)5-6-13(3)18-14(4)11-15-7-9-16(17)10-8-15/h7-10,12-14,18H,5-6,11H2,1-4H3. The van der Waals surface area contributed by atoms with Crippen LogP contribution in [-0.4, -0.2) is 12.1 Å². The minimum Gasteiger partial charge on any atom is -0.311 e. The molecule has 0 saturated heterocycles. The van der Waals surface area contributed by atoms with Crippen LogP contribution >= 0.6 is 0 Å². The molecule has 0 spiro atoms. The third-order valence-corrected chi connectivity index (χ3v) is 3.20. The number of rotatable bonds is 7. The van der Waals surface area contributed by atoms with E-state index in [0.717, 1.165) is 12.3 Å². The number of hydrogen-bond donors (Lipinski definition) is 1. The van der Waals surface area contributed by atoms with Crippen molar-refractivity contribution in [3.63, 3.8) is 0 Å². The predicted octanol–water partition coefficient (Wildman–Crippen LogP) is 4.17. The van der Waals surface area contributed by atoms with Crippen LogP contribution in [0.2, 0.25) is 0 Å². The number of halogens is 1. The molecule has 0 fully saturated rings. The van der Waals surface area contributed by atoms with Gasteiger partial charge in [0.15, 0.2) is 0 Å². The van der Waals surface area contributed by atoms with Gasteiger partial charge < -0.3 is 5.32 Å². The molecule has 0 radical (unpaired) electrons. The summed E-state index contributed by atoms with van der Waals surface area (Å²) in [6.45, 7) is 8.95. The lowest BCUT2D eigenvalue weighted by Crippen LogP contribution is -2.36. The summed E-state index contributed by atoms with van der Waals surface area (Å²) in [5.41, 5.74) is 1.19. The largest absolute Gasteiger partial charge is 0.311 e. The maximum atomic E-state index is 12.8. The van der Waals surface area contributed by atoms with Crippen molar-refractivity contribution in [3.8, 4) is 0 Å². The second kappa shape index (κ2) is 7.52. The smallest absolute Gasteiger partial charge is 0.123 e. The molecule has 0 bridgehead atoms. The van der Waals surface area contributed by atoms with Crippen molar-refractivity contribution in [3.05, 3.63) is 35.6 Å². The summed E-state index contributed by atoms with van der Waals surface area (Å²) in [6.07, 6.45) is 3.43. The molecule has 2 unspecified atom stereocenters. The number of hydrogen-bond acceptors (Lipinski definition) is 1. The molecule has 0 aliphatic heterocycles. The molecule has 0 aliphatic rings. The van der Waals surface area contributed by atoms with Gasteiger partial charge in [0.2, 0.25) is 0 Å². The van der Waals surface area contributed by atoms with Gasteiger partial charge in [-0.15, -0.1) is 0 Å². The van der Waals surface area contributed by atoms with Crippen molar-refractivity contribution in [2.45, 2.75) is 59.0 Å². The fourth-order valence-corrected chi connectivity index (χ4v) is 2.19. The number of benzene rings is 1. The molecule has 1 nitrogen and oxygen atoms in total. The maximum Gasteiger partial charge on any atom is 0.123 e. The minimum atomic E-state index is -0.162. The van der Waals surface area contributed by atoms with Gasteiger partial charge in [-0.05, 0) is 56.7 Å². The lowest BCUT2D eigenvalue weighted by molar-refractivity contribution is 0.410. The summed E-state index contributed by atoms with van der Waals surface area (Å²) in [5, 5.41) is 3.60. The lowest BCUT2D eigenvalue weighted by Gasteiger charge is -2.20. The molecule has 1 N–H and O–H groups in total. The summed E-state index contributed by atoms with van der Waals surface area (Å²) >= 11 is 0. The molecule has 102 valence electrons. The van der Waals surface area contributed by atoms with Crippen LogP contribution in [0.5, 0.6) is 0 Å². The Hall–Kier alpha value is -0.890. The summed E-state index contributed by atoms with van der Waals surface area (Å²) < 4.78 is 12.8. The van der Waals surface area contributed by atoms with E-state index < -0.39 is 0 Å². The second-order valence-electron chi connectivity index (χ2n) is 5.77. The molecule has 0 heterocycles.